The summed E-state index contributed by atoms with van der Waals surface area (Å²) in [7, 11) is 1.63. The van der Waals surface area contributed by atoms with Gasteiger partial charge in [0.25, 0.3) is 11.8 Å². The van der Waals surface area contributed by atoms with E-state index in [4.69, 9.17) is 9.57 Å². The molecule has 0 spiro atoms. The molecule has 0 saturated carbocycles. The summed E-state index contributed by atoms with van der Waals surface area (Å²) in [4.78, 5) is 42.2. The number of carbonyl (C=O) groups is 3. The molecule has 0 aromatic heterocycles. The van der Waals surface area contributed by atoms with Crippen LogP contribution in [0.3, 0.4) is 0 Å². The van der Waals surface area contributed by atoms with Gasteiger partial charge in [-0.2, -0.15) is 0 Å². The molecule has 0 fully saturated rings. The number of carbonyl (C=O) groups excluding carboxylic acids is 3. The zero-order valence-corrected chi connectivity index (χ0v) is 14.9. The van der Waals surface area contributed by atoms with Crippen LogP contribution in [0.2, 0.25) is 0 Å². The average molecular weight is 365 g/mol. The van der Waals surface area contributed by atoms with E-state index < -0.39 is 17.8 Å². The minimum Gasteiger partial charge on any atom is -0.497 e. The highest BCUT2D eigenvalue weighted by atomic mass is 16.7. The fourth-order valence-corrected chi connectivity index (χ4v) is 3.82. The Bertz CT molecular complexity index is 901. The highest BCUT2D eigenvalue weighted by Gasteiger charge is 2.39. The summed E-state index contributed by atoms with van der Waals surface area (Å²) in [5.74, 6) is -0.987. The number of aryl methyl sites for hydroxylation is 1. The first kappa shape index (κ1) is 17.3. The van der Waals surface area contributed by atoms with Gasteiger partial charge < -0.3 is 9.57 Å². The lowest BCUT2D eigenvalue weighted by atomic mass is 9.81. The number of imide groups is 1. The second-order valence-electron chi connectivity index (χ2n) is 6.77. The van der Waals surface area contributed by atoms with Crippen molar-refractivity contribution in [1.82, 2.24) is 5.06 Å². The summed E-state index contributed by atoms with van der Waals surface area (Å²) in [5, 5.41) is 0.574. The molecule has 2 aromatic carbocycles. The molecule has 1 aliphatic heterocycles. The molecule has 0 saturated heterocycles. The minimum absolute atomic E-state index is 0.00217. The smallest absolute Gasteiger partial charge is 0.333 e. The maximum absolute atomic E-state index is 12.4. The number of fused-ring (bicyclic) bond motifs is 2. The second kappa shape index (κ2) is 6.87. The normalized spacial score (nSPS) is 18.1. The van der Waals surface area contributed by atoms with Gasteiger partial charge in [0.1, 0.15) is 5.75 Å². The number of amides is 2. The van der Waals surface area contributed by atoms with E-state index in [1.54, 1.807) is 31.4 Å². The number of ether oxygens (including phenoxy) is 1. The molecule has 0 radical (unpaired) electrons. The van der Waals surface area contributed by atoms with E-state index in [0.29, 0.717) is 5.06 Å². The Morgan fingerprint density at radius 2 is 1.81 bits per heavy atom. The van der Waals surface area contributed by atoms with Gasteiger partial charge in [-0.05, 0) is 60.6 Å². The first-order chi connectivity index (χ1) is 13.1. The standard InChI is InChI=1S/C21H19NO5/c1-26-15-9-10-16-13(11-15)5-4-6-14(16)12-19(23)27-22-20(24)17-7-2-3-8-18(17)21(22)25/h2-3,7-11,14H,4-6,12H2,1H3. The van der Waals surface area contributed by atoms with Crippen LogP contribution in [0, 0.1) is 0 Å². The number of nitrogens with zero attached hydrogens (tertiary/aromatic N) is 1. The molecular weight excluding hydrogens is 346 g/mol. The maximum Gasteiger partial charge on any atom is 0.333 e. The summed E-state index contributed by atoms with van der Waals surface area (Å²) < 4.78 is 5.27. The van der Waals surface area contributed by atoms with E-state index >= 15 is 0 Å². The van der Waals surface area contributed by atoms with Gasteiger partial charge in [0.05, 0.1) is 24.7 Å². The van der Waals surface area contributed by atoms with E-state index in [2.05, 4.69) is 0 Å². The van der Waals surface area contributed by atoms with Gasteiger partial charge >= 0.3 is 5.97 Å². The first-order valence-corrected chi connectivity index (χ1v) is 8.94. The van der Waals surface area contributed by atoms with Gasteiger partial charge in [0, 0.05) is 0 Å². The summed E-state index contributed by atoms with van der Waals surface area (Å²) >= 11 is 0. The van der Waals surface area contributed by atoms with Gasteiger partial charge in [-0.1, -0.05) is 23.3 Å². The van der Waals surface area contributed by atoms with Crippen molar-refractivity contribution in [1.29, 1.82) is 0 Å². The maximum atomic E-state index is 12.4. The van der Waals surface area contributed by atoms with Crippen molar-refractivity contribution in [2.75, 3.05) is 7.11 Å². The lowest BCUT2D eigenvalue weighted by molar-refractivity contribution is -0.169. The molecule has 4 rings (SSSR count). The lowest BCUT2D eigenvalue weighted by Crippen LogP contribution is -2.33. The Morgan fingerprint density at radius 1 is 1.11 bits per heavy atom. The minimum atomic E-state index is -0.599. The highest BCUT2D eigenvalue weighted by Crippen LogP contribution is 2.36. The summed E-state index contributed by atoms with van der Waals surface area (Å²) in [6.07, 6.45) is 2.88. The van der Waals surface area contributed by atoms with E-state index in [1.807, 2.05) is 18.2 Å². The highest BCUT2D eigenvalue weighted by molar-refractivity contribution is 6.20. The average Bonchev–Trinajstić information content (AvgIpc) is 2.93. The van der Waals surface area contributed by atoms with Crippen molar-refractivity contribution < 1.29 is 24.0 Å². The van der Waals surface area contributed by atoms with Gasteiger partial charge in [0.15, 0.2) is 0 Å². The largest absolute Gasteiger partial charge is 0.497 e. The van der Waals surface area contributed by atoms with Crippen LogP contribution in [0.4, 0.5) is 0 Å². The van der Waals surface area contributed by atoms with Crippen LogP contribution in [0.25, 0.3) is 0 Å². The molecule has 6 heteroatoms. The summed E-state index contributed by atoms with van der Waals surface area (Å²) in [6.45, 7) is 0. The van der Waals surface area contributed by atoms with Crippen LogP contribution >= 0.6 is 0 Å². The molecule has 1 heterocycles. The zero-order valence-electron chi connectivity index (χ0n) is 14.9. The van der Waals surface area contributed by atoms with E-state index in [0.717, 1.165) is 30.6 Å². The Hall–Kier alpha value is -3.15. The van der Waals surface area contributed by atoms with Crippen LogP contribution in [-0.2, 0) is 16.1 Å². The fraction of sp³-hybridized carbons (Fsp3) is 0.286. The Labute approximate surface area is 156 Å². The van der Waals surface area contributed by atoms with Crippen LogP contribution in [-0.4, -0.2) is 30.0 Å². The molecule has 138 valence electrons. The van der Waals surface area contributed by atoms with Gasteiger partial charge in [-0.15, -0.1) is 0 Å². The molecule has 27 heavy (non-hydrogen) atoms. The topological polar surface area (TPSA) is 72.9 Å². The number of hydroxylamine groups is 2. The number of hydrogen-bond acceptors (Lipinski definition) is 5. The Kier molecular flexibility index (Phi) is 4.39. The third-order valence-electron chi connectivity index (χ3n) is 5.15. The predicted octanol–water partition coefficient (Wildman–Crippen LogP) is 3.26. The number of methoxy groups -OCH3 is 1. The zero-order chi connectivity index (χ0) is 19.0. The Morgan fingerprint density at radius 3 is 2.48 bits per heavy atom. The van der Waals surface area contributed by atoms with Crippen molar-refractivity contribution in [3.8, 4) is 5.75 Å². The van der Waals surface area contributed by atoms with Gasteiger partial charge in [-0.25, -0.2) is 4.79 Å². The number of hydrogen-bond donors (Lipinski definition) is 0. The monoisotopic (exact) mass is 365 g/mol. The van der Waals surface area contributed by atoms with E-state index in [9.17, 15) is 14.4 Å². The molecule has 2 aliphatic rings. The quantitative estimate of drug-likeness (QED) is 0.778. The van der Waals surface area contributed by atoms with E-state index in [1.165, 1.54) is 5.56 Å². The molecule has 1 atom stereocenters. The van der Waals surface area contributed by atoms with Crippen LogP contribution in [0.5, 0.6) is 5.75 Å². The molecule has 1 aliphatic carbocycles. The predicted molar refractivity (Wildman–Crippen MR) is 96.3 cm³/mol. The molecule has 6 nitrogen and oxygen atoms in total. The van der Waals surface area contributed by atoms with Crippen molar-refractivity contribution in [2.24, 2.45) is 0 Å². The van der Waals surface area contributed by atoms with Crippen LogP contribution in [0.1, 0.15) is 57.0 Å². The van der Waals surface area contributed by atoms with Gasteiger partial charge in [-0.3, -0.25) is 9.59 Å². The SMILES string of the molecule is COc1ccc2c(c1)CCCC2CC(=O)ON1C(=O)c2ccccc2C1=O. The second-order valence-corrected chi connectivity index (χ2v) is 6.77. The molecule has 2 amide bonds. The third-order valence-corrected chi connectivity index (χ3v) is 5.15. The number of benzene rings is 2. The van der Waals surface area contributed by atoms with Crippen molar-refractivity contribution >= 4 is 17.8 Å². The van der Waals surface area contributed by atoms with Crippen molar-refractivity contribution in [3.05, 3.63) is 64.7 Å². The first-order valence-electron chi connectivity index (χ1n) is 8.94. The van der Waals surface area contributed by atoms with Gasteiger partial charge in [0.2, 0.25) is 0 Å². The van der Waals surface area contributed by atoms with Crippen LogP contribution < -0.4 is 4.74 Å². The van der Waals surface area contributed by atoms with Crippen molar-refractivity contribution in [2.45, 2.75) is 31.6 Å². The number of rotatable bonds is 4. The lowest BCUT2D eigenvalue weighted by Gasteiger charge is -2.25. The molecular formula is C21H19NO5. The molecule has 0 N–H and O–H groups in total. The van der Waals surface area contributed by atoms with E-state index in [-0.39, 0.29) is 23.5 Å². The Balaban J connectivity index is 1.47. The molecule has 2 aromatic rings. The molecule has 0 bridgehead atoms. The summed E-state index contributed by atoms with van der Waals surface area (Å²) in [6, 6.07) is 12.3. The summed E-state index contributed by atoms with van der Waals surface area (Å²) in [5.41, 5.74) is 2.77. The molecule has 1 unspecified atom stereocenters. The van der Waals surface area contributed by atoms with Crippen LogP contribution in [0.15, 0.2) is 42.5 Å². The van der Waals surface area contributed by atoms with Crippen molar-refractivity contribution in [3.63, 3.8) is 0 Å². The third kappa shape index (κ3) is 3.07. The fourth-order valence-electron chi connectivity index (χ4n) is 3.82.